The zero-order chi connectivity index (χ0) is 29.1. The van der Waals surface area contributed by atoms with Crippen molar-refractivity contribution in [1.29, 1.82) is 0 Å². The number of hydrogen-bond donors (Lipinski definition) is 4. The van der Waals surface area contributed by atoms with Crippen molar-refractivity contribution in [1.82, 2.24) is 21.3 Å². The van der Waals surface area contributed by atoms with Gasteiger partial charge in [-0.15, -0.1) is 0 Å². The summed E-state index contributed by atoms with van der Waals surface area (Å²) >= 11 is 0. The molecule has 1 aliphatic heterocycles. The van der Waals surface area contributed by atoms with Crippen LogP contribution in [0.3, 0.4) is 0 Å². The molecule has 0 bridgehead atoms. The van der Waals surface area contributed by atoms with Crippen molar-refractivity contribution in [3.63, 3.8) is 0 Å². The fraction of sp³-hybridized carbons (Fsp3) is 0.516. The quantitative estimate of drug-likeness (QED) is 0.303. The predicted molar refractivity (Wildman–Crippen MR) is 155 cm³/mol. The van der Waals surface area contributed by atoms with E-state index in [-0.39, 0.29) is 23.7 Å². The first-order chi connectivity index (χ1) is 19.2. The molecule has 3 atom stereocenters. The van der Waals surface area contributed by atoms with Gasteiger partial charge in [0.15, 0.2) is 0 Å². The second-order valence-electron chi connectivity index (χ2n) is 10.8. The zero-order valence-corrected chi connectivity index (χ0v) is 24.2. The number of likely N-dealkylation sites (N-methyl/N-ethyl adjacent to an activating group) is 1. The van der Waals surface area contributed by atoms with Crippen LogP contribution in [0.2, 0.25) is 0 Å². The van der Waals surface area contributed by atoms with Crippen LogP contribution < -0.4 is 21.3 Å². The maximum absolute atomic E-state index is 13.7. The van der Waals surface area contributed by atoms with E-state index in [4.69, 9.17) is 9.47 Å². The van der Waals surface area contributed by atoms with Crippen LogP contribution in [0.5, 0.6) is 0 Å². The van der Waals surface area contributed by atoms with Gasteiger partial charge in [-0.3, -0.25) is 14.4 Å². The molecule has 9 heteroatoms. The molecule has 1 fully saturated rings. The van der Waals surface area contributed by atoms with Gasteiger partial charge in [-0.25, -0.2) is 0 Å². The van der Waals surface area contributed by atoms with Crippen molar-refractivity contribution in [2.24, 2.45) is 5.92 Å². The highest BCUT2D eigenvalue weighted by Crippen LogP contribution is 2.25. The van der Waals surface area contributed by atoms with Crippen LogP contribution in [0.4, 0.5) is 0 Å². The number of hydrogen-bond acceptors (Lipinski definition) is 6. The van der Waals surface area contributed by atoms with E-state index in [1.807, 2.05) is 60.7 Å². The molecule has 4 N–H and O–H groups in total. The Hall–Kier alpha value is -3.27. The highest BCUT2D eigenvalue weighted by Gasteiger charge is 2.40. The van der Waals surface area contributed by atoms with Gasteiger partial charge in [0.1, 0.15) is 12.1 Å². The molecule has 2 aromatic carbocycles. The van der Waals surface area contributed by atoms with Crippen LogP contribution in [-0.2, 0) is 23.9 Å². The molecule has 1 heterocycles. The Bertz CT molecular complexity index is 1050. The summed E-state index contributed by atoms with van der Waals surface area (Å²) in [6, 6.07) is 17.7. The maximum Gasteiger partial charge on any atom is 0.245 e. The first kappa shape index (κ1) is 31.3. The van der Waals surface area contributed by atoms with Crippen molar-refractivity contribution in [2.45, 2.75) is 63.3 Å². The Labute approximate surface area is 237 Å². The summed E-state index contributed by atoms with van der Waals surface area (Å²) in [7, 11) is 3.20. The molecule has 40 heavy (non-hydrogen) atoms. The van der Waals surface area contributed by atoms with Gasteiger partial charge in [-0.05, 0) is 57.7 Å². The number of nitrogens with one attached hydrogen (secondary N) is 4. The molecule has 1 saturated heterocycles. The van der Waals surface area contributed by atoms with Crippen LogP contribution >= 0.6 is 0 Å². The molecule has 9 nitrogen and oxygen atoms in total. The minimum absolute atomic E-state index is 0.0781. The van der Waals surface area contributed by atoms with E-state index < -0.39 is 29.6 Å². The third-order valence-corrected chi connectivity index (χ3v) is 7.80. The van der Waals surface area contributed by atoms with E-state index in [0.29, 0.717) is 32.6 Å². The lowest BCUT2D eigenvalue weighted by molar-refractivity contribution is -0.139. The molecule has 0 unspecified atom stereocenters. The molecule has 1 aliphatic rings. The van der Waals surface area contributed by atoms with Crippen LogP contribution in [0.15, 0.2) is 60.7 Å². The van der Waals surface area contributed by atoms with Crippen LogP contribution in [0.1, 0.15) is 50.7 Å². The first-order valence-electron chi connectivity index (χ1n) is 14.0. The zero-order valence-electron chi connectivity index (χ0n) is 24.2. The fourth-order valence-corrected chi connectivity index (χ4v) is 4.86. The van der Waals surface area contributed by atoms with Gasteiger partial charge in [-0.2, -0.15) is 0 Å². The van der Waals surface area contributed by atoms with E-state index in [9.17, 15) is 14.4 Å². The smallest absolute Gasteiger partial charge is 0.245 e. The fourth-order valence-electron chi connectivity index (χ4n) is 4.86. The molecule has 218 valence electrons. The lowest BCUT2D eigenvalue weighted by Crippen LogP contribution is -2.63. The van der Waals surface area contributed by atoms with E-state index in [2.05, 4.69) is 21.3 Å². The first-order valence-corrected chi connectivity index (χ1v) is 14.0. The number of carbonyl (C=O) groups is 3. The number of ether oxygens (including phenoxy) is 2. The molecule has 0 saturated carbocycles. The van der Waals surface area contributed by atoms with Gasteiger partial charge in [0.05, 0.1) is 11.6 Å². The standard InChI is InChI=1S/C31H44N4O5/c1-21(32-4)28(36)34-26(24-16-18-40-19-17-24)29(37)35-27(31(2,3)39-5)30(38)33-20-25(22-12-8-6-9-13-22)23-14-10-7-11-15-23/h6-15,21,24-27,32H,16-20H2,1-5H3,(H,33,38)(H,34,36)(H,35,37)/t21-,26-,27+/m0/s1. The highest BCUT2D eigenvalue weighted by molar-refractivity contribution is 5.93. The van der Waals surface area contributed by atoms with Gasteiger partial charge in [0.2, 0.25) is 17.7 Å². The summed E-state index contributed by atoms with van der Waals surface area (Å²) in [5.74, 6) is -1.26. The van der Waals surface area contributed by atoms with E-state index in [0.717, 1.165) is 11.1 Å². The number of methoxy groups -OCH3 is 1. The van der Waals surface area contributed by atoms with Gasteiger partial charge in [-0.1, -0.05) is 60.7 Å². The third kappa shape index (κ3) is 8.36. The molecular weight excluding hydrogens is 508 g/mol. The second-order valence-corrected chi connectivity index (χ2v) is 10.8. The lowest BCUT2D eigenvalue weighted by Gasteiger charge is -2.36. The Balaban J connectivity index is 1.81. The van der Waals surface area contributed by atoms with Gasteiger partial charge in [0, 0.05) is 32.8 Å². The summed E-state index contributed by atoms with van der Waals surface area (Å²) in [4.78, 5) is 40.2. The van der Waals surface area contributed by atoms with Crippen molar-refractivity contribution < 1.29 is 23.9 Å². The Morgan fingerprint density at radius 3 is 1.95 bits per heavy atom. The lowest BCUT2D eigenvalue weighted by atomic mass is 9.89. The summed E-state index contributed by atoms with van der Waals surface area (Å²) in [5.41, 5.74) is 1.13. The molecule has 3 rings (SSSR count). The molecule has 2 aromatic rings. The Morgan fingerprint density at radius 2 is 1.45 bits per heavy atom. The third-order valence-electron chi connectivity index (χ3n) is 7.80. The van der Waals surface area contributed by atoms with Crippen molar-refractivity contribution in [2.75, 3.05) is 33.9 Å². The van der Waals surface area contributed by atoms with Crippen molar-refractivity contribution in [3.8, 4) is 0 Å². The topological polar surface area (TPSA) is 118 Å². The van der Waals surface area contributed by atoms with Crippen LogP contribution in [0, 0.1) is 5.92 Å². The Morgan fingerprint density at radius 1 is 0.900 bits per heavy atom. The van der Waals surface area contributed by atoms with Crippen molar-refractivity contribution in [3.05, 3.63) is 71.8 Å². The average molecular weight is 553 g/mol. The number of carbonyl (C=O) groups excluding carboxylic acids is 3. The van der Waals surface area contributed by atoms with Crippen LogP contribution in [-0.4, -0.2) is 75.4 Å². The molecule has 0 aliphatic carbocycles. The molecule has 0 spiro atoms. The molecule has 0 radical (unpaired) electrons. The SMILES string of the molecule is CN[C@@H](C)C(=O)N[C@H](C(=O)N[C@H](C(=O)NCC(c1ccccc1)c1ccccc1)C(C)(C)OC)C1CCOCC1. The van der Waals surface area contributed by atoms with Gasteiger partial charge in [0.25, 0.3) is 0 Å². The van der Waals surface area contributed by atoms with Gasteiger partial charge >= 0.3 is 0 Å². The number of amides is 3. The summed E-state index contributed by atoms with van der Waals surface area (Å²) < 4.78 is 11.1. The predicted octanol–water partition coefficient (Wildman–Crippen LogP) is 2.36. The molecular formula is C31H44N4O5. The van der Waals surface area contributed by atoms with Gasteiger partial charge < -0.3 is 30.7 Å². The summed E-state index contributed by atoms with van der Waals surface area (Å²) in [6.07, 6.45) is 1.26. The van der Waals surface area contributed by atoms with Crippen LogP contribution in [0.25, 0.3) is 0 Å². The summed E-state index contributed by atoms with van der Waals surface area (Å²) in [5, 5.41) is 11.8. The highest BCUT2D eigenvalue weighted by atomic mass is 16.5. The Kier molecular flexibility index (Phi) is 11.7. The molecule has 0 aromatic heterocycles. The van der Waals surface area contributed by atoms with E-state index >= 15 is 0 Å². The molecule has 3 amide bonds. The number of rotatable bonds is 13. The average Bonchev–Trinajstić information content (AvgIpc) is 2.99. The minimum atomic E-state index is -1.02. The normalized spacial score (nSPS) is 16.6. The van der Waals surface area contributed by atoms with E-state index in [1.54, 1.807) is 27.8 Å². The maximum atomic E-state index is 13.7. The summed E-state index contributed by atoms with van der Waals surface area (Å²) in [6.45, 7) is 6.61. The second kappa shape index (κ2) is 14.9. The minimum Gasteiger partial charge on any atom is -0.381 e. The largest absolute Gasteiger partial charge is 0.381 e. The van der Waals surface area contributed by atoms with E-state index in [1.165, 1.54) is 7.11 Å². The monoisotopic (exact) mass is 552 g/mol. The number of benzene rings is 2. The van der Waals surface area contributed by atoms with Crippen molar-refractivity contribution >= 4 is 17.7 Å².